The summed E-state index contributed by atoms with van der Waals surface area (Å²) in [6, 6.07) is 3.92. The second-order valence-electron chi connectivity index (χ2n) is 2.33. The lowest BCUT2D eigenvalue weighted by atomic mass is 10.4. The predicted octanol–water partition coefficient (Wildman–Crippen LogP) is -1.70. The molecule has 1 N–H and O–H groups in total. The fourth-order valence-electron chi connectivity index (χ4n) is 0.992. The SMILES string of the molecule is Ic1ccncc1-n1ccc[nH+]1.[I-]. The van der Waals surface area contributed by atoms with Crippen LogP contribution in [0.2, 0.25) is 0 Å². The van der Waals surface area contributed by atoms with E-state index in [1.54, 1.807) is 6.20 Å². The fourth-order valence-corrected chi connectivity index (χ4v) is 1.55. The monoisotopic (exact) mass is 399 g/mol. The molecule has 0 spiro atoms. The summed E-state index contributed by atoms with van der Waals surface area (Å²) in [4.78, 5) is 4.06. The molecule has 0 radical (unpaired) electrons. The van der Waals surface area contributed by atoms with Gasteiger partial charge in [0.15, 0.2) is 6.20 Å². The Kier molecular flexibility index (Phi) is 4.10. The highest BCUT2D eigenvalue weighted by molar-refractivity contribution is 14.1. The molecule has 0 unspecified atom stereocenters. The quantitative estimate of drug-likeness (QED) is 0.527. The first-order chi connectivity index (χ1) is 5.88. The van der Waals surface area contributed by atoms with Crippen LogP contribution in [-0.2, 0) is 0 Å². The molecule has 2 heterocycles. The number of aromatic nitrogens is 3. The van der Waals surface area contributed by atoms with Crippen LogP contribution < -0.4 is 29.1 Å². The van der Waals surface area contributed by atoms with Crippen molar-refractivity contribution in [2.24, 2.45) is 0 Å². The van der Waals surface area contributed by atoms with E-state index in [1.807, 2.05) is 35.4 Å². The van der Waals surface area contributed by atoms with Gasteiger partial charge in [0.05, 0.1) is 12.4 Å². The number of hydrogen-bond acceptors (Lipinski definition) is 1. The number of hydrogen-bond donors (Lipinski definition) is 0. The summed E-state index contributed by atoms with van der Waals surface area (Å²) in [5.74, 6) is 0. The van der Waals surface area contributed by atoms with Gasteiger partial charge in [0.2, 0.25) is 0 Å². The molecule has 5 heteroatoms. The second kappa shape index (κ2) is 4.89. The molecule has 2 aromatic rings. The summed E-state index contributed by atoms with van der Waals surface area (Å²) in [5, 5.41) is 3.07. The van der Waals surface area contributed by atoms with Crippen molar-refractivity contribution in [2.75, 3.05) is 0 Å². The molecule has 2 aromatic heterocycles. The van der Waals surface area contributed by atoms with Crippen molar-refractivity contribution < 1.29 is 29.1 Å². The Morgan fingerprint density at radius 2 is 2.31 bits per heavy atom. The summed E-state index contributed by atoms with van der Waals surface area (Å²) in [5.41, 5.74) is 1.07. The smallest absolute Gasteiger partial charge is 0.193 e. The van der Waals surface area contributed by atoms with Crippen LogP contribution in [0.4, 0.5) is 0 Å². The molecular formula is C8H7I2N3. The first-order valence-electron chi connectivity index (χ1n) is 3.53. The van der Waals surface area contributed by atoms with E-state index in [0.29, 0.717) is 0 Å². The first kappa shape index (κ1) is 10.9. The fraction of sp³-hybridized carbons (Fsp3) is 0. The molecule has 0 bridgehead atoms. The van der Waals surface area contributed by atoms with Crippen molar-refractivity contribution in [3.8, 4) is 5.69 Å². The highest BCUT2D eigenvalue weighted by Gasteiger charge is 2.03. The van der Waals surface area contributed by atoms with E-state index in [1.165, 1.54) is 3.57 Å². The number of halogens is 2. The van der Waals surface area contributed by atoms with E-state index < -0.39 is 0 Å². The third kappa shape index (κ3) is 2.39. The van der Waals surface area contributed by atoms with Crippen LogP contribution >= 0.6 is 22.6 Å². The number of aromatic amines is 1. The molecule has 2 rings (SSSR count). The summed E-state index contributed by atoms with van der Waals surface area (Å²) in [6.45, 7) is 0. The summed E-state index contributed by atoms with van der Waals surface area (Å²) in [6.07, 6.45) is 7.45. The third-order valence-corrected chi connectivity index (χ3v) is 2.47. The van der Waals surface area contributed by atoms with Gasteiger partial charge in [-0.05, 0) is 28.7 Å². The maximum absolute atomic E-state index is 4.06. The van der Waals surface area contributed by atoms with Gasteiger partial charge in [0.25, 0.3) is 0 Å². The largest absolute Gasteiger partial charge is 1.00 e. The van der Waals surface area contributed by atoms with Gasteiger partial charge in [0.1, 0.15) is 5.69 Å². The molecule has 0 saturated carbocycles. The highest BCUT2D eigenvalue weighted by atomic mass is 127. The summed E-state index contributed by atoms with van der Waals surface area (Å²) < 4.78 is 3.10. The van der Waals surface area contributed by atoms with Crippen LogP contribution in [0.3, 0.4) is 0 Å². The minimum Gasteiger partial charge on any atom is -1.00 e. The van der Waals surface area contributed by atoms with Crippen molar-refractivity contribution in [3.63, 3.8) is 0 Å². The number of nitrogens with zero attached hydrogens (tertiary/aromatic N) is 2. The molecule has 0 amide bonds. The van der Waals surface area contributed by atoms with Gasteiger partial charge in [-0.1, -0.05) is 0 Å². The van der Waals surface area contributed by atoms with Gasteiger partial charge >= 0.3 is 0 Å². The van der Waals surface area contributed by atoms with Crippen LogP contribution in [0.5, 0.6) is 0 Å². The molecular weight excluding hydrogens is 392 g/mol. The minimum absolute atomic E-state index is 0. The Labute approximate surface area is 107 Å². The van der Waals surface area contributed by atoms with Crippen LogP contribution in [0.15, 0.2) is 36.9 Å². The molecule has 0 fully saturated rings. The molecule has 0 aliphatic heterocycles. The van der Waals surface area contributed by atoms with Gasteiger partial charge in [-0.3, -0.25) is 4.98 Å². The predicted molar refractivity (Wildman–Crippen MR) is 52.8 cm³/mol. The van der Waals surface area contributed by atoms with E-state index in [2.05, 4.69) is 32.7 Å². The lowest BCUT2D eigenvalue weighted by Crippen LogP contribution is -3.00. The van der Waals surface area contributed by atoms with Gasteiger partial charge in [-0.25, -0.2) is 0 Å². The van der Waals surface area contributed by atoms with Crippen molar-refractivity contribution in [2.45, 2.75) is 0 Å². The second-order valence-corrected chi connectivity index (χ2v) is 3.50. The zero-order valence-corrected chi connectivity index (χ0v) is 10.9. The van der Waals surface area contributed by atoms with Crippen LogP contribution in [0, 0.1) is 3.57 Å². The topological polar surface area (TPSA) is 32.0 Å². The Balaban J connectivity index is 0.000000845. The standard InChI is InChI=1S/C8H6IN3.HI/c9-7-2-4-10-6-8(7)12-5-1-3-11-12;/h1-6H;1H. The van der Waals surface area contributed by atoms with Crippen molar-refractivity contribution in [1.82, 2.24) is 9.67 Å². The number of pyridine rings is 1. The van der Waals surface area contributed by atoms with Gasteiger partial charge in [-0.15, -0.1) is 9.78 Å². The highest BCUT2D eigenvalue weighted by Crippen LogP contribution is 2.12. The number of H-pyrrole nitrogens is 1. The van der Waals surface area contributed by atoms with Crippen molar-refractivity contribution in [3.05, 3.63) is 40.5 Å². The van der Waals surface area contributed by atoms with E-state index in [9.17, 15) is 0 Å². The Bertz CT molecular complexity index is 373. The third-order valence-electron chi connectivity index (χ3n) is 1.55. The summed E-state index contributed by atoms with van der Waals surface area (Å²) >= 11 is 2.28. The van der Waals surface area contributed by atoms with E-state index in [-0.39, 0.29) is 24.0 Å². The number of rotatable bonds is 1. The van der Waals surface area contributed by atoms with E-state index in [0.717, 1.165) is 5.69 Å². The van der Waals surface area contributed by atoms with Gasteiger partial charge in [0, 0.05) is 15.8 Å². The molecule has 0 atom stereocenters. The number of nitrogens with one attached hydrogen (secondary N) is 1. The Morgan fingerprint density at radius 1 is 1.46 bits per heavy atom. The van der Waals surface area contributed by atoms with Crippen LogP contribution in [-0.4, -0.2) is 9.67 Å². The zero-order valence-electron chi connectivity index (χ0n) is 6.61. The van der Waals surface area contributed by atoms with Crippen LogP contribution in [0.25, 0.3) is 5.69 Å². The lowest BCUT2D eigenvalue weighted by Gasteiger charge is -1.97. The molecule has 0 aromatic carbocycles. The maximum atomic E-state index is 4.06. The van der Waals surface area contributed by atoms with E-state index >= 15 is 0 Å². The molecule has 3 nitrogen and oxygen atoms in total. The summed E-state index contributed by atoms with van der Waals surface area (Å²) in [7, 11) is 0. The average Bonchev–Trinajstić information content (AvgIpc) is 2.57. The molecule has 0 saturated heterocycles. The van der Waals surface area contributed by atoms with Gasteiger partial charge < -0.3 is 24.0 Å². The van der Waals surface area contributed by atoms with Crippen molar-refractivity contribution in [1.29, 1.82) is 0 Å². The van der Waals surface area contributed by atoms with E-state index in [4.69, 9.17) is 0 Å². The Morgan fingerprint density at radius 3 is 2.92 bits per heavy atom. The molecule has 0 aliphatic carbocycles. The maximum Gasteiger partial charge on any atom is 0.193 e. The molecule has 13 heavy (non-hydrogen) atoms. The molecule has 68 valence electrons. The zero-order chi connectivity index (χ0) is 8.39. The van der Waals surface area contributed by atoms with Crippen LogP contribution in [0.1, 0.15) is 0 Å². The average molecular weight is 399 g/mol. The minimum atomic E-state index is 0. The normalized spacial score (nSPS) is 9.31. The lowest BCUT2D eigenvalue weighted by molar-refractivity contribution is -0.474. The Hall–Kier alpha value is -0.180. The molecule has 0 aliphatic rings. The first-order valence-corrected chi connectivity index (χ1v) is 4.61. The van der Waals surface area contributed by atoms with Crippen molar-refractivity contribution >= 4 is 22.6 Å². The van der Waals surface area contributed by atoms with Gasteiger partial charge in [-0.2, -0.15) is 0 Å².